The average Bonchev–Trinajstić information content (AvgIpc) is 2.34. The molecule has 0 amide bonds. The molecule has 0 aromatic heterocycles. The number of hydrogen-bond acceptors (Lipinski definition) is 4. The maximum absolute atomic E-state index is 10.7. The van der Waals surface area contributed by atoms with Gasteiger partial charge in [-0.25, -0.2) is 0 Å². The van der Waals surface area contributed by atoms with E-state index >= 15 is 0 Å². The Labute approximate surface area is 105 Å². The lowest BCUT2D eigenvalue weighted by molar-refractivity contribution is 0.112. The van der Waals surface area contributed by atoms with E-state index in [9.17, 15) is 4.79 Å². The first-order valence-electron chi connectivity index (χ1n) is 5.17. The molecule has 5 heteroatoms. The fourth-order valence-electron chi connectivity index (χ4n) is 1.35. The standard InChI is InChI=1S/C12H15ClO4/c1-15-4-3-5-17-11-7-9(8-14)6-10(13)12(11)16-2/h6-8H,3-5H2,1-2H3. The summed E-state index contributed by atoms with van der Waals surface area (Å²) >= 11 is 5.96. The van der Waals surface area contributed by atoms with Crippen molar-refractivity contribution in [1.82, 2.24) is 0 Å². The van der Waals surface area contributed by atoms with E-state index < -0.39 is 0 Å². The topological polar surface area (TPSA) is 44.8 Å². The number of carbonyl (C=O) groups excluding carboxylic acids is 1. The molecule has 0 radical (unpaired) electrons. The molecule has 0 N–H and O–H groups in total. The third kappa shape index (κ3) is 3.91. The fraction of sp³-hybridized carbons (Fsp3) is 0.417. The van der Waals surface area contributed by atoms with Gasteiger partial charge in [0.2, 0.25) is 0 Å². The molecule has 0 heterocycles. The van der Waals surface area contributed by atoms with Crippen LogP contribution in [0.25, 0.3) is 0 Å². The lowest BCUT2D eigenvalue weighted by atomic mass is 10.2. The maximum atomic E-state index is 10.7. The molecule has 0 aliphatic heterocycles. The SMILES string of the molecule is COCCCOc1cc(C=O)cc(Cl)c1OC. The van der Waals surface area contributed by atoms with Crippen LogP contribution in [0.15, 0.2) is 12.1 Å². The molecule has 0 bridgehead atoms. The van der Waals surface area contributed by atoms with Crippen molar-refractivity contribution < 1.29 is 19.0 Å². The monoisotopic (exact) mass is 258 g/mol. The number of hydrogen-bond donors (Lipinski definition) is 0. The second-order valence-corrected chi connectivity index (χ2v) is 3.75. The van der Waals surface area contributed by atoms with Crippen molar-refractivity contribution in [2.24, 2.45) is 0 Å². The van der Waals surface area contributed by atoms with Crippen LogP contribution < -0.4 is 9.47 Å². The summed E-state index contributed by atoms with van der Waals surface area (Å²) in [7, 11) is 3.13. The maximum Gasteiger partial charge on any atom is 0.179 e. The zero-order valence-electron chi connectivity index (χ0n) is 9.86. The Hall–Kier alpha value is -1.26. The molecular formula is C12H15ClO4. The molecule has 0 saturated carbocycles. The molecule has 94 valence electrons. The molecule has 0 fully saturated rings. The van der Waals surface area contributed by atoms with E-state index in [1.807, 2.05) is 0 Å². The molecule has 17 heavy (non-hydrogen) atoms. The van der Waals surface area contributed by atoms with Crippen molar-refractivity contribution in [2.45, 2.75) is 6.42 Å². The number of rotatable bonds is 7. The average molecular weight is 259 g/mol. The Kier molecular flexibility index (Phi) is 5.80. The van der Waals surface area contributed by atoms with Crippen molar-refractivity contribution in [3.63, 3.8) is 0 Å². The quantitative estimate of drug-likeness (QED) is 0.557. The van der Waals surface area contributed by atoms with E-state index in [1.165, 1.54) is 13.2 Å². The zero-order chi connectivity index (χ0) is 12.7. The van der Waals surface area contributed by atoms with Crippen molar-refractivity contribution >= 4 is 17.9 Å². The highest BCUT2D eigenvalue weighted by Crippen LogP contribution is 2.35. The molecule has 0 spiro atoms. The Balaban J connectivity index is 2.80. The molecule has 1 aromatic rings. The Morgan fingerprint density at radius 2 is 2.06 bits per heavy atom. The number of methoxy groups -OCH3 is 2. The van der Waals surface area contributed by atoms with Crippen molar-refractivity contribution in [3.05, 3.63) is 22.7 Å². The van der Waals surface area contributed by atoms with Crippen LogP contribution in [0.5, 0.6) is 11.5 Å². The normalized spacial score (nSPS) is 10.1. The van der Waals surface area contributed by atoms with E-state index in [1.54, 1.807) is 13.2 Å². The van der Waals surface area contributed by atoms with Gasteiger partial charge in [-0.15, -0.1) is 0 Å². The second kappa shape index (κ2) is 7.14. The highest BCUT2D eigenvalue weighted by molar-refractivity contribution is 6.32. The minimum Gasteiger partial charge on any atom is -0.491 e. The zero-order valence-corrected chi connectivity index (χ0v) is 10.6. The van der Waals surface area contributed by atoms with E-state index in [-0.39, 0.29) is 0 Å². The summed E-state index contributed by atoms with van der Waals surface area (Å²) in [5, 5.41) is 0.360. The lowest BCUT2D eigenvalue weighted by Crippen LogP contribution is -2.03. The van der Waals surface area contributed by atoms with Gasteiger partial charge in [-0.2, -0.15) is 0 Å². The Morgan fingerprint density at radius 1 is 1.29 bits per heavy atom. The summed E-state index contributed by atoms with van der Waals surface area (Å²) in [5.41, 5.74) is 0.456. The molecule has 4 nitrogen and oxygen atoms in total. The van der Waals surface area contributed by atoms with Gasteiger partial charge in [0.05, 0.1) is 18.7 Å². The van der Waals surface area contributed by atoms with Gasteiger partial charge >= 0.3 is 0 Å². The van der Waals surface area contributed by atoms with Gasteiger partial charge in [0.25, 0.3) is 0 Å². The first-order valence-corrected chi connectivity index (χ1v) is 5.55. The first-order chi connectivity index (χ1) is 8.22. The van der Waals surface area contributed by atoms with Crippen molar-refractivity contribution in [3.8, 4) is 11.5 Å². The van der Waals surface area contributed by atoms with E-state index in [0.717, 1.165) is 6.42 Å². The predicted octanol–water partition coefficient (Wildman–Crippen LogP) is 2.58. The third-order valence-electron chi connectivity index (χ3n) is 2.12. The number of ether oxygens (including phenoxy) is 3. The summed E-state index contributed by atoms with van der Waals surface area (Å²) in [6, 6.07) is 3.14. The highest BCUT2D eigenvalue weighted by Gasteiger charge is 2.11. The molecule has 0 atom stereocenters. The molecule has 1 aromatic carbocycles. The molecule has 0 aliphatic rings. The molecule has 1 rings (SSSR count). The molecule has 0 aliphatic carbocycles. The first kappa shape index (κ1) is 13.8. The highest BCUT2D eigenvalue weighted by atomic mass is 35.5. The van der Waals surface area contributed by atoms with Gasteiger partial charge in [0, 0.05) is 25.7 Å². The molecule has 0 unspecified atom stereocenters. The van der Waals surface area contributed by atoms with E-state index in [4.69, 9.17) is 25.8 Å². The number of halogens is 1. The Bertz CT molecular complexity index is 379. The predicted molar refractivity (Wildman–Crippen MR) is 65.4 cm³/mol. The molecule has 0 saturated heterocycles. The summed E-state index contributed by atoms with van der Waals surface area (Å²) in [4.78, 5) is 10.7. The number of carbonyl (C=O) groups is 1. The van der Waals surface area contributed by atoms with Crippen LogP contribution in [0, 0.1) is 0 Å². The van der Waals surface area contributed by atoms with Crippen LogP contribution in [-0.2, 0) is 4.74 Å². The van der Waals surface area contributed by atoms with Gasteiger partial charge in [0.15, 0.2) is 11.5 Å². The van der Waals surface area contributed by atoms with Crippen LogP contribution in [0.1, 0.15) is 16.8 Å². The smallest absolute Gasteiger partial charge is 0.179 e. The van der Waals surface area contributed by atoms with Crippen LogP contribution in [0.3, 0.4) is 0 Å². The summed E-state index contributed by atoms with van der Waals surface area (Å²) in [6.07, 6.45) is 1.47. The third-order valence-corrected chi connectivity index (χ3v) is 2.40. The van der Waals surface area contributed by atoms with Crippen molar-refractivity contribution in [2.75, 3.05) is 27.4 Å². The Morgan fingerprint density at radius 3 is 2.65 bits per heavy atom. The summed E-state index contributed by atoms with van der Waals surface area (Å²) in [5.74, 6) is 0.910. The second-order valence-electron chi connectivity index (χ2n) is 3.35. The van der Waals surface area contributed by atoms with Crippen LogP contribution >= 0.6 is 11.6 Å². The number of benzene rings is 1. The minimum absolute atomic E-state index is 0.360. The van der Waals surface area contributed by atoms with E-state index in [0.29, 0.717) is 41.6 Å². The largest absolute Gasteiger partial charge is 0.491 e. The summed E-state index contributed by atoms with van der Waals surface area (Å²) < 4.78 is 15.5. The van der Waals surface area contributed by atoms with Gasteiger partial charge in [0.1, 0.15) is 6.29 Å². The van der Waals surface area contributed by atoms with E-state index in [2.05, 4.69) is 0 Å². The summed E-state index contributed by atoms with van der Waals surface area (Å²) in [6.45, 7) is 1.09. The van der Waals surface area contributed by atoms with Crippen LogP contribution in [0.2, 0.25) is 5.02 Å². The minimum atomic E-state index is 0.360. The number of aldehydes is 1. The van der Waals surface area contributed by atoms with Gasteiger partial charge in [-0.1, -0.05) is 11.6 Å². The van der Waals surface area contributed by atoms with Crippen molar-refractivity contribution in [1.29, 1.82) is 0 Å². The molecular weight excluding hydrogens is 244 g/mol. The fourth-order valence-corrected chi connectivity index (χ4v) is 1.64. The van der Waals surface area contributed by atoms with Gasteiger partial charge in [-0.05, 0) is 12.1 Å². The van der Waals surface area contributed by atoms with Gasteiger partial charge < -0.3 is 14.2 Å². The van der Waals surface area contributed by atoms with Gasteiger partial charge in [-0.3, -0.25) is 4.79 Å². The van der Waals surface area contributed by atoms with Crippen LogP contribution in [0.4, 0.5) is 0 Å². The van der Waals surface area contributed by atoms with Crippen LogP contribution in [-0.4, -0.2) is 33.7 Å². The lowest BCUT2D eigenvalue weighted by Gasteiger charge is -2.12.